The van der Waals surface area contributed by atoms with Crippen LogP contribution in [0.4, 0.5) is 21.7 Å². The van der Waals surface area contributed by atoms with Gasteiger partial charge in [-0.05, 0) is 24.6 Å². The molecule has 1 fully saturated rings. The summed E-state index contributed by atoms with van der Waals surface area (Å²) in [6.07, 6.45) is 3.03. The van der Waals surface area contributed by atoms with Gasteiger partial charge >= 0.3 is 0 Å². The molecule has 0 bridgehead atoms. The minimum atomic E-state index is -1.05. The van der Waals surface area contributed by atoms with Crippen molar-refractivity contribution in [2.45, 2.75) is 18.6 Å². The summed E-state index contributed by atoms with van der Waals surface area (Å²) in [5.41, 5.74) is 9.91. The van der Waals surface area contributed by atoms with Crippen molar-refractivity contribution >= 4 is 39.8 Å². The van der Waals surface area contributed by atoms with E-state index in [4.69, 9.17) is 22.1 Å². The van der Waals surface area contributed by atoms with Crippen LogP contribution in [0.25, 0.3) is 22.2 Å². The lowest BCUT2D eigenvalue weighted by atomic mass is 10.0. The van der Waals surface area contributed by atoms with E-state index in [0.717, 1.165) is 22.2 Å². The van der Waals surface area contributed by atoms with Crippen LogP contribution in [0.3, 0.4) is 0 Å². The summed E-state index contributed by atoms with van der Waals surface area (Å²) in [4.78, 5) is 14.2. The highest BCUT2D eigenvalue weighted by atomic mass is 35.5. The van der Waals surface area contributed by atoms with E-state index in [1.54, 1.807) is 13.3 Å². The van der Waals surface area contributed by atoms with E-state index in [-0.39, 0.29) is 6.54 Å². The summed E-state index contributed by atoms with van der Waals surface area (Å²) in [5, 5.41) is 4.70. The number of H-pyrrole nitrogens is 1. The Morgan fingerprint density at radius 2 is 2.12 bits per heavy atom. The third-order valence-corrected chi connectivity index (χ3v) is 6.25. The van der Waals surface area contributed by atoms with Gasteiger partial charge in [-0.15, -0.1) is 0 Å². The van der Waals surface area contributed by atoms with Gasteiger partial charge in [-0.2, -0.15) is 0 Å². The van der Waals surface area contributed by atoms with Gasteiger partial charge in [-0.1, -0.05) is 29.8 Å². The normalized spacial score (nSPS) is 18.5. The van der Waals surface area contributed by atoms with Gasteiger partial charge < -0.3 is 25.7 Å². The number of ether oxygens (including phenoxy) is 1. The summed E-state index contributed by atoms with van der Waals surface area (Å²) in [5.74, 6) is 0.989. The van der Waals surface area contributed by atoms with E-state index >= 15 is 0 Å². The van der Waals surface area contributed by atoms with Crippen molar-refractivity contribution in [1.29, 1.82) is 0 Å². The number of aromatic nitrogens is 3. The molecule has 2 aromatic carbocycles. The first-order chi connectivity index (χ1) is 16.0. The van der Waals surface area contributed by atoms with Crippen molar-refractivity contribution < 1.29 is 9.13 Å². The zero-order valence-corrected chi connectivity index (χ0v) is 18.8. The largest absolute Gasteiger partial charge is 0.494 e. The molecule has 2 atom stereocenters. The number of hydrogen-bond acceptors (Lipinski definition) is 6. The lowest BCUT2D eigenvalue weighted by molar-refractivity contribution is 0.251. The monoisotopic (exact) mass is 466 g/mol. The number of nitrogens with zero attached hydrogens (tertiary/aromatic N) is 3. The average Bonchev–Trinajstić information content (AvgIpc) is 3.26. The maximum atomic E-state index is 14.1. The van der Waals surface area contributed by atoms with E-state index in [1.165, 1.54) is 0 Å². The van der Waals surface area contributed by atoms with Crippen molar-refractivity contribution in [3.8, 4) is 17.0 Å². The molecule has 1 saturated heterocycles. The molecule has 1 aliphatic rings. The molecule has 0 aliphatic carbocycles. The van der Waals surface area contributed by atoms with Crippen LogP contribution in [0.15, 0.2) is 54.9 Å². The Morgan fingerprint density at radius 3 is 2.94 bits per heavy atom. The number of rotatable bonds is 5. The molecule has 33 heavy (non-hydrogen) atoms. The van der Waals surface area contributed by atoms with Crippen molar-refractivity contribution in [3.63, 3.8) is 0 Å². The Morgan fingerprint density at radius 1 is 1.27 bits per heavy atom. The van der Waals surface area contributed by atoms with E-state index in [2.05, 4.69) is 20.3 Å². The number of fused-ring (bicyclic) bond motifs is 1. The topological polar surface area (TPSA) is 92.1 Å². The number of nitrogens with one attached hydrogen (secondary N) is 2. The Hall–Kier alpha value is -3.36. The standard InChI is InChI=1S/C24H24ClFN6O/c1-33-22-10-14(32-9-8-19(27)18(26)13-32)6-7-21(22)30-24-29-12-17(25)23(31-24)16-11-28-20-5-3-2-4-15(16)20/h2-7,10-12,18-19,28H,8-9,13,27H2,1H3,(H,29,30,31)/t18-,19-/m0/s1. The maximum Gasteiger partial charge on any atom is 0.227 e. The molecule has 0 saturated carbocycles. The minimum absolute atomic E-state index is 0.269. The molecule has 1 aliphatic heterocycles. The second-order valence-corrected chi connectivity index (χ2v) is 8.47. The number of nitrogens with two attached hydrogens (primary N) is 1. The van der Waals surface area contributed by atoms with Crippen LogP contribution in [-0.2, 0) is 0 Å². The molecule has 0 amide bonds. The molecule has 4 aromatic rings. The van der Waals surface area contributed by atoms with Crippen molar-refractivity contribution in [1.82, 2.24) is 15.0 Å². The fraction of sp³-hybridized carbons (Fsp3) is 0.250. The third kappa shape index (κ3) is 4.19. The second-order valence-electron chi connectivity index (χ2n) is 8.06. The number of alkyl halides is 1. The summed E-state index contributed by atoms with van der Waals surface area (Å²) in [6, 6.07) is 13.2. The Labute approximate surface area is 195 Å². The average molecular weight is 467 g/mol. The number of halogens is 2. The number of hydrogen-bond donors (Lipinski definition) is 3. The highest BCUT2D eigenvalue weighted by Gasteiger charge is 2.27. The van der Waals surface area contributed by atoms with E-state index in [1.807, 2.05) is 53.6 Å². The molecule has 0 spiro atoms. The number of aromatic amines is 1. The van der Waals surface area contributed by atoms with Gasteiger partial charge in [-0.3, -0.25) is 0 Å². The van der Waals surface area contributed by atoms with Gasteiger partial charge in [0, 0.05) is 47.0 Å². The number of piperidine rings is 1. The lowest BCUT2D eigenvalue weighted by Crippen LogP contribution is -2.48. The van der Waals surface area contributed by atoms with Gasteiger partial charge in [0.1, 0.15) is 11.9 Å². The van der Waals surface area contributed by atoms with Crippen molar-refractivity contribution in [2.24, 2.45) is 5.73 Å². The van der Waals surface area contributed by atoms with E-state index < -0.39 is 12.2 Å². The number of anilines is 3. The first-order valence-electron chi connectivity index (χ1n) is 10.7. The molecular weight excluding hydrogens is 443 g/mol. The molecular formula is C24H24ClFN6O. The molecule has 170 valence electrons. The Bertz CT molecular complexity index is 1300. The smallest absolute Gasteiger partial charge is 0.227 e. The molecule has 2 aromatic heterocycles. The van der Waals surface area contributed by atoms with E-state index in [0.29, 0.717) is 41.1 Å². The predicted octanol–water partition coefficient (Wildman–Crippen LogP) is 4.91. The minimum Gasteiger partial charge on any atom is -0.494 e. The number of para-hydroxylation sites is 1. The zero-order chi connectivity index (χ0) is 22.9. The summed E-state index contributed by atoms with van der Waals surface area (Å²) in [7, 11) is 1.59. The summed E-state index contributed by atoms with van der Waals surface area (Å²) in [6.45, 7) is 0.969. The predicted molar refractivity (Wildman–Crippen MR) is 130 cm³/mol. The van der Waals surface area contributed by atoms with Crippen LogP contribution < -0.4 is 20.7 Å². The maximum absolute atomic E-state index is 14.1. The van der Waals surface area contributed by atoms with Gasteiger partial charge in [0.05, 0.1) is 36.3 Å². The quantitative estimate of drug-likeness (QED) is 0.387. The van der Waals surface area contributed by atoms with Crippen LogP contribution >= 0.6 is 11.6 Å². The van der Waals surface area contributed by atoms with E-state index in [9.17, 15) is 4.39 Å². The zero-order valence-electron chi connectivity index (χ0n) is 18.1. The van der Waals surface area contributed by atoms with Gasteiger partial charge in [-0.25, -0.2) is 14.4 Å². The van der Waals surface area contributed by atoms with Crippen LogP contribution in [0, 0.1) is 0 Å². The molecule has 7 nitrogen and oxygen atoms in total. The van der Waals surface area contributed by atoms with Crippen LogP contribution in [0.1, 0.15) is 6.42 Å². The first-order valence-corrected chi connectivity index (χ1v) is 11.1. The van der Waals surface area contributed by atoms with Crippen LogP contribution in [0.5, 0.6) is 5.75 Å². The molecule has 3 heterocycles. The Balaban J connectivity index is 1.43. The third-order valence-electron chi connectivity index (χ3n) is 5.98. The Kier molecular flexibility index (Phi) is 5.78. The van der Waals surface area contributed by atoms with Crippen LogP contribution in [0.2, 0.25) is 5.02 Å². The SMILES string of the molecule is COc1cc(N2CC[C@H](N)[C@@H](F)C2)ccc1Nc1ncc(Cl)c(-c2c[nH]c3ccccc23)n1. The van der Waals surface area contributed by atoms with Gasteiger partial charge in [0.2, 0.25) is 5.95 Å². The molecule has 5 rings (SSSR count). The molecule has 4 N–H and O–H groups in total. The summed E-state index contributed by atoms with van der Waals surface area (Å²) >= 11 is 6.44. The van der Waals surface area contributed by atoms with Gasteiger partial charge in [0.25, 0.3) is 0 Å². The lowest BCUT2D eigenvalue weighted by Gasteiger charge is -2.34. The fourth-order valence-electron chi connectivity index (χ4n) is 4.14. The van der Waals surface area contributed by atoms with Crippen molar-refractivity contribution in [3.05, 3.63) is 59.9 Å². The van der Waals surface area contributed by atoms with Crippen LogP contribution in [-0.4, -0.2) is 47.4 Å². The van der Waals surface area contributed by atoms with Gasteiger partial charge in [0.15, 0.2) is 0 Å². The highest BCUT2D eigenvalue weighted by Crippen LogP contribution is 2.35. The number of methoxy groups -OCH3 is 1. The van der Waals surface area contributed by atoms with Crippen molar-refractivity contribution in [2.75, 3.05) is 30.4 Å². The second kappa shape index (κ2) is 8.88. The number of benzene rings is 2. The highest BCUT2D eigenvalue weighted by molar-refractivity contribution is 6.33. The molecule has 9 heteroatoms. The molecule has 0 radical (unpaired) electrons. The fourth-order valence-corrected chi connectivity index (χ4v) is 4.33. The first kappa shape index (κ1) is 21.5. The molecule has 0 unspecified atom stereocenters. The summed E-state index contributed by atoms with van der Waals surface area (Å²) < 4.78 is 19.7.